The van der Waals surface area contributed by atoms with Crippen molar-refractivity contribution in [3.8, 4) is 0 Å². The van der Waals surface area contributed by atoms with E-state index in [0.717, 1.165) is 11.1 Å². The third-order valence-electron chi connectivity index (χ3n) is 3.04. The highest BCUT2D eigenvalue weighted by molar-refractivity contribution is 5.73. The number of benzene rings is 1. The van der Waals surface area contributed by atoms with Crippen molar-refractivity contribution in [2.24, 2.45) is 0 Å². The zero-order chi connectivity index (χ0) is 15.1. The standard InChI is InChI=1S/C16H24N2O2/c1-12(10-13(2)17-16(20)18(3)4)11-15(19)14-8-6-5-7-9-14/h5-9,13,15,19H,1,10-11H2,2-4H3,(H,17,20)/t13-,15-/m0/s1. The van der Waals surface area contributed by atoms with E-state index in [4.69, 9.17) is 0 Å². The highest BCUT2D eigenvalue weighted by Gasteiger charge is 2.13. The third kappa shape index (κ3) is 5.45. The Hall–Kier alpha value is -1.81. The van der Waals surface area contributed by atoms with Crippen LogP contribution in [0.1, 0.15) is 31.4 Å². The van der Waals surface area contributed by atoms with Gasteiger partial charge in [-0.3, -0.25) is 0 Å². The summed E-state index contributed by atoms with van der Waals surface area (Å²) in [6, 6.07) is 9.41. The van der Waals surface area contributed by atoms with Crippen LogP contribution in [0.5, 0.6) is 0 Å². The summed E-state index contributed by atoms with van der Waals surface area (Å²) in [4.78, 5) is 13.0. The summed E-state index contributed by atoms with van der Waals surface area (Å²) in [6.45, 7) is 5.92. The van der Waals surface area contributed by atoms with Crippen LogP contribution in [-0.4, -0.2) is 36.2 Å². The molecule has 0 spiro atoms. The molecular weight excluding hydrogens is 252 g/mol. The SMILES string of the molecule is C=C(C[C@H](C)NC(=O)N(C)C)C[C@H](O)c1ccccc1. The minimum Gasteiger partial charge on any atom is -0.388 e. The molecule has 0 aliphatic carbocycles. The van der Waals surface area contributed by atoms with E-state index < -0.39 is 6.10 Å². The molecule has 1 aromatic carbocycles. The Morgan fingerprint density at radius 3 is 2.45 bits per heavy atom. The van der Waals surface area contributed by atoms with Gasteiger partial charge in [-0.05, 0) is 25.3 Å². The molecule has 2 N–H and O–H groups in total. The molecule has 20 heavy (non-hydrogen) atoms. The molecule has 0 saturated carbocycles. The zero-order valence-corrected chi connectivity index (χ0v) is 12.5. The fourth-order valence-electron chi connectivity index (χ4n) is 1.97. The quantitative estimate of drug-likeness (QED) is 0.785. The highest BCUT2D eigenvalue weighted by atomic mass is 16.3. The number of rotatable bonds is 6. The first-order valence-electron chi connectivity index (χ1n) is 6.77. The maximum absolute atomic E-state index is 11.5. The Labute approximate surface area is 121 Å². The smallest absolute Gasteiger partial charge is 0.317 e. The molecule has 2 amide bonds. The second-order valence-electron chi connectivity index (χ2n) is 5.33. The summed E-state index contributed by atoms with van der Waals surface area (Å²) in [5.41, 5.74) is 1.81. The second kappa shape index (κ2) is 7.70. The molecule has 110 valence electrons. The van der Waals surface area contributed by atoms with Crippen LogP contribution in [0.25, 0.3) is 0 Å². The lowest BCUT2D eigenvalue weighted by atomic mass is 9.98. The average Bonchev–Trinajstić information content (AvgIpc) is 2.39. The van der Waals surface area contributed by atoms with Crippen molar-refractivity contribution in [3.05, 3.63) is 48.0 Å². The van der Waals surface area contributed by atoms with E-state index in [1.54, 1.807) is 14.1 Å². The van der Waals surface area contributed by atoms with Crippen molar-refractivity contribution in [2.45, 2.75) is 31.9 Å². The van der Waals surface area contributed by atoms with E-state index in [1.165, 1.54) is 4.90 Å². The molecule has 0 bridgehead atoms. The van der Waals surface area contributed by atoms with Gasteiger partial charge < -0.3 is 15.3 Å². The molecule has 0 unspecified atom stereocenters. The molecule has 2 atom stereocenters. The van der Waals surface area contributed by atoms with Gasteiger partial charge in [0.2, 0.25) is 0 Å². The first-order chi connectivity index (χ1) is 9.40. The summed E-state index contributed by atoms with van der Waals surface area (Å²) in [5.74, 6) is 0. The Morgan fingerprint density at radius 1 is 1.30 bits per heavy atom. The first kappa shape index (κ1) is 16.2. The zero-order valence-electron chi connectivity index (χ0n) is 12.5. The van der Waals surface area contributed by atoms with Gasteiger partial charge >= 0.3 is 6.03 Å². The predicted molar refractivity (Wildman–Crippen MR) is 81.5 cm³/mol. The van der Waals surface area contributed by atoms with Gasteiger partial charge in [-0.25, -0.2) is 4.79 Å². The maximum Gasteiger partial charge on any atom is 0.317 e. The van der Waals surface area contributed by atoms with Crippen LogP contribution in [-0.2, 0) is 0 Å². The molecule has 4 nitrogen and oxygen atoms in total. The largest absolute Gasteiger partial charge is 0.388 e. The Kier molecular flexibility index (Phi) is 6.25. The normalized spacial score (nSPS) is 13.4. The molecule has 4 heteroatoms. The van der Waals surface area contributed by atoms with E-state index in [1.807, 2.05) is 37.3 Å². The van der Waals surface area contributed by atoms with Gasteiger partial charge in [-0.2, -0.15) is 0 Å². The monoisotopic (exact) mass is 276 g/mol. The lowest BCUT2D eigenvalue weighted by Gasteiger charge is -2.20. The number of carbonyl (C=O) groups excluding carboxylic acids is 1. The molecule has 0 aliphatic heterocycles. The molecule has 0 saturated heterocycles. The van der Waals surface area contributed by atoms with E-state index >= 15 is 0 Å². The molecule has 0 aromatic heterocycles. The Morgan fingerprint density at radius 2 is 1.90 bits per heavy atom. The fraction of sp³-hybridized carbons (Fsp3) is 0.438. The van der Waals surface area contributed by atoms with E-state index in [0.29, 0.717) is 12.8 Å². The summed E-state index contributed by atoms with van der Waals surface area (Å²) in [5, 5.41) is 13.0. The van der Waals surface area contributed by atoms with Crippen molar-refractivity contribution < 1.29 is 9.90 Å². The molecule has 0 radical (unpaired) electrons. The Bertz CT molecular complexity index is 443. The van der Waals surface area contributed by atoms with Crippen LogP contribution in [0.15, 0.2) is 42.5 Å². The van der Waals surface area contributed by atoms with E-state index in [2.05, 4.69) is 11.9 Å². The van der Waals surface area contributed by atoms with Crippen molar-refractivity contribution >= 4 is 6.03 Å². The number of nitrogens with one attached hydrogen (secondary N) is 1. The van der Waals surface area contributed by atoms with Gasteiger partial charge in [-0.15, -0.1) is 0 Å². The van der Waals surface area contributed by atoms with Gasteiger partial charge in [-0.1, -0.05) is 42.5 Å². The van der Waals surface area contributed by atoms with Crippen molar-refractivity contribution in [1.29, 1.82) is 0 Å². The maximum atomic E-state index is 11.5. The second-order valence-corrected chi connectivity index (χ2v) is 5.33. The van der Waals surface area contributed by atoms with Gasteiger partial charge in [0.15, 0.2) is 0 Å². The Balaban J connectivity index is 2.42. The van der Waals surface area contributed by atoms with Gasteiger partial charge in [0.05, 0.1) is 6.10 Å². The number of hydrogen-bond acceptors (Lipinski definition) is 2. The number of aliphatic hydroxyl groups is 1. The van der Waals surface area contributed by atoms with Gasteiger partial charge in [0.25, 0.3) is 0 Å². The molecule has 0 fully saturated rings. The van der Waals surface area contributed by atoms with Crippen LogP contribution in [0, 0.1) is 0 Å². The van der Waals surface area contributed by atoms with Crippen molar-refractivity contribution in [2.75, 3.05) is 14.1 Å². The number of carbonyl (C=O) groups is 1. The number of aliphatic hydroxyl groups excluding tert-OH is 1. The van der Waals surface area contributed by atoms with Crippen LogP contribution >= 0.6 is 0 Å². The minimum absolute atomic E-state index is 0.000346. The summed E-state index contributed by atoms with van der Waals surface area (Å²) in [6.07, 6.45) is 0.621. The number of hydrogen-bond donors (Lipinski definition) is 2. The van der Waals surface area contributed by atoms with Crippen LogP contribution in [0.4, 0.5) is 4.79 Å². The summed E-state index contributed by atoms with van der Waals surface area (Å²) in [7, 11) is 3.41. The summed E-state index contributed by atoms with van der Waals surface area (Å²) >= 11 is 0. The molecular formula is C16H24N2O2. The van der Waals surface area contributed by atoms with Crippen molar-refractivity contribution in [1.82, 2.24) is 10.2 Å². The van der Waals surface area contributed by atoms with Gasteiger partial charge in [0, 0.05) is 20.1 Å². The number of urea groups is 1. The van der Waals surface area contributed by atoms with Crippen molar-refractivity contribution in [3.63, 3.8) is 0 Å². The number of amides is 2. The predicted octanol–water partition coefficient (Wildman–Crippen LogP) is 2.72. The summed E-state index contributed by atoms with van der Waals surface area (Å²) < 4.78 is 0. The lowest BCUT2D eigenvalue weighted by Crippen LogP contribution is -2.40. The third-order valence-corrected chi connectivity index (χ3v) is 3.04. The van der Waals surface area contributed by atoms with E-state index in [-0.39, 0.29) is 12.1 Å². The van der Waals surface area contributed by atoms with Gasteiger partial charge in [0.1, 0.15) is 0 Å². The van der Waals surface area contributed by atoms with E-state index in [9.17, 15) is 9.90 Å². The molecule has 1 aromatic rings. The van der Waals surface area contributed by atoms with Crippen LogP contribution in [0.3, 0.4) is 0 Å². The fourth-order valence-corrected chi connectivity index (χ4v) is 1.97. The first-order valence-corrected chi connectivity index (χ1v) is 6.77. The minimum atomic E-state index is -0.541. The lowest BCUT2D eigenvalue weighted by molar-refractivity contribution is 0.176. The highest BCUT2D eigenvalue weighted by Crippen LogP contribution is 2.22. The van der Waals surface area contributed by atoms with Crippen LogP contribution < -0.4 is 5.32 Å². The molecule has 0 aliphatic rings. The molecule has 0 heterocycles. The topological polar surface area (TPSA) is 52.6 Å². The average molecular weight is 276 g/mol. The molecule has 1 rings (SSSR count). The van der Waals surface area contributed by atoms with Crippen LogP contribution in [0.2, 0.25) is 0 Å². The number of nitrogens with zero attached hydrogens (tertiary/aromatic N) is 1.